The minimum Gasteiger partial charge on any atom is -0.330 e. The monoisotopic (exact) mass is 212 g/mol. The van der Waals surface area contributed by atoms with Gasteiger partial charge < -0.3 is 5.73 Å². The average molecular weight is 212 g/mol. The highest BCUT2D eigenvalue weighted by Crippen LogP contribution is 2.23. The molecule has 2 nitrogen and oxygen atoms in total. The van der Waals surface area contributed by atoms with Crippen LogP contribution >= 0.6 is 0 Å². The highest BCUT2D eigenvalue weighted by Gasteiger charge is 2.24. The molecule has 90 valence electrons. The van der Waals surface area contributed by atoms with E-state index in [-0.39, 0.29) is 0 Å². The molecule has 0 aliphatic carbocycles. The maximum atomic E-state index is 5.71. The Bertz CT molecular complexity index is 159. The third-order valence-corrected chi connectivity index (χ3v) is 3.83. The normalized spacial score (nSPS) is 26.2. The van der Waals surface area contributed by atoms with E-state index >= 15 is 0 Å². The molecule has 0 aromatic rings. The number of nitrogens with two attached hydrogens (primary N) is 1. The molecule has 1 heterocycles. The first-order valence-corrected chi connectivity index (χ1v) is 6.79. The van der Waals surface area contributed by atoms with Gasteiger partial charge in [0.1, 0.15) is 0 Å². The van der Waals surface area contributed by atoms with Crippen molar-refractivity contribution in [2.45, 2.75) is 70.9 Å². The Kier molecular flexibility index (Phi) is 6.26. The predicted octanol–water partition coefficient (Wildman–Crippen LogP) is 2.77. The van der Waals surface area contributed by atoms with Crippen molar-refractivity contribution in [1.29, 1.82) is 0 Å². The van der Waals surface area contributed by atoms with E-state index < -0.39 is 0 Å². The van der Waals surface area contributed by atoms with Crippen molar-refractivity contribution in [1.82, 2.24) is 4.90 Å². The molecule has 0 saturated carbocycles. The van der Waals surface area contributed by atoms with E-state index in [2.05, 4.69) is 18.7 Å². The van der Waals surface area contributed by atoms with E-state index in [0.717, 1.165) is 18.6 Å². The maximum Gasteiger partial charge on any atom is 0.0108 e. The van der Waals surface area contributed by atoms with Gasteiger partial charge in [0.2, 0.25) is 0 Å². The summed E-state index contributed by atoms with van der Waals surface area (Å²) in [4.78, 5) is 2.75. The van der Waals surface area contributed by atoms with Crippen LogP contribution in [0.25, 0.3) is 0 Å². The molecular weight excluding hydrogens is 184 g/mol. The lowest BCUT2D eigenvalue weighted by atomic mass is 10.0. The van der Waals surface area contributed by atoms with E-state index in [1.165, 1.54) is 51.5 Å². The fraction of sp³-hybridized carbons (Fsp3) is 1.00. The number of hydrogen-bond donors (Lipinski definition) is 1. The van der Waals surface area contributed by atoms with Gasteiger partial charge in [0.15, 0.2) is 0 Å². The summed E-state index contributed by atoms with van der Waals surface area (Å²) < 4.78 is 0. The maximum absolute atomic E-state index is 5.71. The van der Waals surface area contributed by atoms with E-state index in [1.54, 1.807) is 0 Å². The van der Waals surface area contributed by atoms with Crippen LogP contribution in [0.5, 0.6) is 0 Å². The van der Waals surface area contributed by atoms with Gasteiger partial charge in [-0.15, -0.1) is 0 Å². The predicted molar refractivity (Wildman–Crippen MR) is 67.0 cm³/mol. The fourth-order valence-corrected chi connectivity index (χ4v) is 2.92. The highest BCUT2D eigenvalue weighted by molar-refractivity contribution is 4.80. The van der Waals surface area contributed by atoms with Crippen LogP contribution in [0.2, 0.25) is 0 Å². The molecule has 0 bridgehead atoms. The van der Waals surface area contributed by atoms with Crippen molar-refractivity contribution in [3.8, 4) is 0 Å². The molecule has 2 N–H and O–H groups in total. The number of rotatable bonds is 5. The minimum atomic E-state index is 0.734. The van der Waals surface area contributed by atoms with Gasteiger partial charge in [-0.3, -0.25) is 4.90 Å². The number of likely N-dealkylation sites (tertiary alicyclic amines) is 1. The van der Waals surface area contributed by atoms with E-state index in [4.69, 9.17) is 5.73 Å². The zero-order valence-corrected chi connectivity index (χ0v) is 10.5. The van der Waals surface area contributed by atoms with Gasteiger partial charge in [0.25, 0.3) is 0 Å². The smallest absolute Gasteiger partial charge is 0.0108 e. The first-order chi connectivity index (χ1) is 7.33. The highest BCUT2D eigenvalue weighted by atomic mass is 15.2. The standard InChI is InChI=1S/C13H28N2/c1-3-12-8-6-5-7-11-15(12)13(4-2)9-10-14/h12-13H,3-11,14H2,1-2H3. The molecule has 2 heteroatoms. The van der Waals surface area contributed by atoms with Gasteiger partial charge in [-0.25, -0.2) is 0 Å². The number of hydrogen-bond acceptors (Lipinski definition) is 2. The SMILES string of the molecule is CCC(CCN)N1CCCCCC1CC. The van der Waals surface area contributed by atoms with Crippen LogP contribution < -0.4 is 5.73 Å². The molecular formula is C13H28N2. The molecule has 0 radical (unpaired) electrons. The fourth-order valence-electron chi connectivity index (χ4n) is 2.92. The molecule has 0 amide bonds. The summed E-state index contributed by atoms with van der Waals surface area (Å²) in [5.74, 6) is 0. The summed E-state index contributed by atoms with van der Waals surface area (Å²) in [6.07, 6.45) is 9.37. The van der Waals surface area contributed by atoms with Crippen LogP contribution in [-0.4, -0.2) is 30.1 Å². The molecule has 1 aliphatic rings. The van der Waals surface area contributed by atoms with Gasteiger partial charge >= 0.3 is 0 Å². The van der Waals surface area contributed by atoms with Crippen molar-refractivity contribution in [3.05, 3.63) is 0 Å². The van der Waals surface area contributed by atoms with Crippen LogP contribution in [0, 0.1) is 0 Å². The van der Waals surface area contributed by atoms with Crippen molar-refractivity contribution in [3.63, 3.8) is 0 Å². The minimum absolute atomic E-state index is 0.734. The van der Waals surface area contributed by atoms with E-state index in [9.17, 15) is 0 Å². The lowest BCUT2D eigenvalue weighted by molar-refractivity contribution is 0.123. The van der Waals surface area contributed by atoms with Gasteiger partial charge in [-0.05, 0) is 45.2 Å². The Labute approximate surface area is 95.2 Å². The average Bonchev–Trinajstić information content (AvgIpc) is 2.50. The molecule has 0 aromatic carbocycles. The van der Waals surface area contributed by atoms with Crippen LogP contribution in [-0.2, 0) is 0 Å². The molecule has 2 unspecified atom stereocenters. The van der Waals surface area contributed by atoms with Crippen LogP contribution in [0.15, 0.2) is 0 Å². The summed E-state index contributed by atoms with van der Waals surface area (Å²) in [6.45, 7) is 6.78. The van der Waals surface area contributed by atoms with Gasteiger partial charge in [0, 0.05) is 12.1 Å². The van der Waals surface area contributed by atoms with Crippen molar-refractivity contribution >= 4 is 0 Å². The Morgan fingerprint density at radius 3 is 2.67 bits per heavy atom. The molecule has 15 heavy (non-hydrogen) atoms. The zero-order valence-electron chi connectivity index (χ0n) is 10.5. The second kappa shape index (κ2) is 7.24. The molecule has 1 aliphatic heterocycles. The van der Waals surface area contributed by atoms with Crippen LogP contribution in [0.3, 0.4) is 0 Å². The molecule has 1 saturated heterocycles. The van der Waals surface area contributed by atoms with Crippen molar-refractivity contribution < 1.29 is 0 Å². The van der Waals surface area contributed by atoms with Crippen LogP contribution in [0.4, 0.5) is 0 Å². The Morgan fingerprint density at radius 1 is 1.27 bits per heavy atom. The second-order valence-corrected chi connectivity index (χ2v) is 4.79. The van der Waals surface area contributed by atoms with E-state index in [1.807, 2.05) is 0 Å². The molecule has 2 atom stereocenters. The quantitative estimate of drug-likeness (QED) is 0.759. The third-order valence-electron chi connectivity index (χ3n) is 3.83. The zero-order chi connectivity index (χ0) is 11.1. The second-order valence-electron chi connectivity index (χ2n) is 4.79. The lowest BCUT2D eigenvalue weighted by Crippen LogP contribution is -2.43. The Balaban J connectivity index is 2.58. The first-order valence-electron chi connectivity index (χ1n) is 6.79. The van der Waals surface area contributed by atoms with Gasteiger partial charge in [-0.2, -0.15) is 0 Å². The van der Waals surface area contributed by atoms with Crippen molar-refractivity contribution in [2.24, 2.45) is 5.73 Å². The van der Waals surface area contributed by atoms with Gasteiger partial charge in [0.05, 0.1) is 0 Å². The summed E-state index contributed by atoms with van der Waals surface area (Å²) in [6, 6.07) is 1.56. The summed E-state index contributed by atoms with van der Waals surface area (Å²) >= 11 is 0. The molecule has 1 rings (SSSR count). The Morgan fingerprint density at radius 2 is 2.07 bits per heavy atom. The lowest BCUT2D eigenvalue weighted by Gasteiger charge is -2.36. The molecule has 0 aromatic heterocycles. The first kappa shape index (κ1) is 13.0. The third kappa shape index (κ3) is 3.76. The summed E-state index contributed by atoms with van der Waals surface area (Å²) in [5, 5.41) is 0. The molecule has 1 fully saturated rings. The largest absolute Gasteiger partial charge is 0.330 e. The van der Waals surface area contributed by atoms with Gasteiger partial charge in [-0.1, -0.05) is 26.7 Å². The van der Waals surface area contributed by atoms with Crippen LogP contribution in [0.1, 0.15) is 58.8 Å². The van der Waals surface area contributed by atoms with Crippen molar-refractivity contribution in [2.75, 3.05) is 13.1 Å². The summed E-state index contributed by atoms with van der Waals surface area (Å²) in [7, 11) is 0. The topological polar surface area (TPSA) is 29.3 Å². The van der Waals surface area contributed by atoms with E-state index in [0.29, 0.717) is 0 Å². The molecule has 0 spiro atoms. The number of nitrogens with zero attached hydrogens (tertiary/aromatic N) is 1. The summed E-state index contributed by atoms with van der Waals surface area (Å²) in [5.41, 5.74) is 5.71. The Hall–Kier alpha value is -0.0800.